The van der Waals surface area contributed by atoms with Crippen molar-refractivity contribution in [1.82, 2.24) is 14.8 Å². The van der Waals surface area contributed by atoms with Gasteiger partial charge in [-0.15, -0.1) is 0 Å². The minimum Gasteiger partial charge on any atom is -0.497 e. The first-order valence-corrected chi connectivity index (χ1v) is 9.92. The van der Waals surface area contributed by atoms with Crippen LogP contribution in [0.5, 0.6) is 5.75 Å². The third kappa shape index (κ3) is 5.10. The molecule has 1 fully saturated rings. The summed E-state index contributed by atoms with van der Waals surface area (Å²) in [6.45, 7) is 5.05. The molecule has 1 aromatic heterocycles. The van der Waals surface area contributed by atoms with Gasteiger partial charge in [0, 0.05) is 50.0 Å². The second kappa shape index (κ2) is 9.03. The van der Waals surface area contributed by atoms with Crippen LogP contribution in [0.3, 0.4) is 0 Å². The summed E-state index contributed by atoms with van der Waals surface area (Å²) in [6.07, 6.45) is 1.83. The van der Waals surface area contributed by atoms with E-state index in [0.717, 1.165) is 49.7 Å². The molecule has 2 aromatic carbocycles. The number of anilines is 1. The second-order valence-corrected chi connectivity index (χ2v) is 7.36. The molecule has 1 saturated heterocycles. The van der Waals surface area contributed by atoms with Gasteiger partial charge < -0.3 is 10.1 Å². The van der Waals surface area contributed by atoms with Crippen molar-refractivity contribution in [2.45, 2.75) is 6.54 Å². The summed E-state index contributed by atoms with van der Waals surface area (Å²) in [5.41, 5.74) is 3.13. The van der Waals surface area contributed by atoms with E-state index in [1.807, 2.05) is 36.5 Å². The number of carbonyl (C=O) groups is 1. The molecule has 0 aliphatic carbocycles. The number of pyridine rings is 1. The van der Waals surface area contributed by atoms with Gasteiger partial charge in [-0.3, -0.25) is 19.6 Å². The number of fused-ring (bicyclic) bond motifs is 1. The first kappa shape index (κ1) is 19.4. The fraction of sp³-hybridized carbons (Fsp3) is 0.304. The molecule has 150 valence electrons. The topological polar surface area (TPSA) is 57.7 Å². The average Bonchev–Trinajstić information content (AvgIpc) is 2.75. The maximum Gasteiger partial charge on any atom is 0.238 e. The molecule has 0 atom stereocenters. The van der Waals surface area contributed by atoms with Crippen molar-refractivity contribution in [3.63, 3.8) is 0 Å². The lowest BCUT2D eigenvalue weighted by atomic mass is 10.1. The number of benzene rings is 2. The first-order valence-electron chi connectivity index (χ1n) is 9.92. The highest BCUT2D eigenvalue weighted by atomic mass is 16.5. The van der Waals surface area contributed by atoms with Gasteiger partial charge in [0.25, 0.3) is 0 Å². The Morgan fingerprint density at radius 2 is 1.79 bits per heavy atom. The number of hydrogen-bond donors (Lipinski definition) is 1. The summed E-state index contributed by atoms with van der Waals surface area (Å²) >= 11 is 0. The average molecular weight is 390 g/mol. The number of hydrogen-bond acceptors (Lipinski definition) is 5. The zero-order valence-corrected chi connectivity index (χ0v) is 16.7. The van der Waals surface area contributed by atoms with Crippen LogP contribution in [0.25, 0.3) is 10.9 Å². The van der Waals surface area contributed by atoms with Gasteiger partial charge in [-0.25, -0.2) is 0 Å². The summed E-state index contributed by atoms with van der Waals surface area (Å²) in [7, 11) is 1.63. The molecule has 29 heavy (non-hydrogen) atoms. The Kier molecular flexibility index (Phi) is 6.03. The summed E-state index contributed by atoms with van der Waals surface area (Å²) in [6, 6.07) is 17.9. The molecule has 1 N–H and O–H groups in total. The number of rotatable bonds is 6. The van der Waals surface area contributed by atoms with Gasteiger partial charge in [0.15, 0.2) is 0 Å². The van der Waals surface area contributed by atoms with Crippen molar-refractivity contribution in [2.75, 3.05) is 45.2 Å². The number of nitrogens with zero attached hydrogens (tertiary/aromatic N) is 3. The maximum atomic E-state index is 12.3. The standard InChI is InChI=1S/C23H26N4O2/c1-29-21-7-5-20(6-8-21)25-23(28)17-27-13-11-26(12-14-27)16-18-4-9-22-19(15-18)3-2-10-24-22/h2-10,15H,11-14,16-17H2,1H3,(H,25,28). The minimum atomic E-state index is 0.0191. The Morgan fingerprint density at radius 3 is 2.55 bits per heavy atom. The van der Waals surface area contributed by atoms with E-state index in [1.54, 1.807) is 7.11 Å². The minimum absolute atomic E-state index is 0.0191. The highest BCUT2D eigenvalue weighted by Gasteiger charge is 2.19. The van der Waals surface area contributed by atoms with Crippen molar-refractivity contribution >= 4 is 22.5 Å². The molecule has 3 aromatic rings. The molecule has 6 heteroatoms. The van der Waals surface area contributed by atoms with Gasteiger partial charge in [0.05, 0.1) is 19.2 Å². The molecule has 1 aliphatic rings. The Bertz CT molecular complexity index is 966. The van der Waals surface area contributed by atoms with Gasteiger partial charge >= 0.3 is 0 Å². The smallest absolute Gasteiger partial charge is 0.238 e. The van der Waals surface area contributed by atoms with Crippen LogP contribution in [0.4, 0.5) is 5.69 Å². The van der Waals surface area contributed by atoms with E-state index in [1.165, 1.54) is 10.9 Å². The lowest BCUT2D eigenvalue weighted by Gasteiger charge is -2.34. The Balaban J connectivity index is 1.24. The zero-order chi connectivity index (χ0) is 20.1. The molecule has 1 aliphatic heterocycles. The van der Waals surface area contributed by atoms with Gasteiger partial charge in [-0.05, 0) is 48.0 Å². The fourth-order valence-corrected chi connectivity index (χ4v) is 3.67. The molecule has 0 spiro atoms. The number of piperazine rings is 1. The Morgan fingerprint density at radius 1 is 1.03 bits per heavy atom. The summed E-state index contributed by atoms with van der Waals surface area (Å²) in [4.78, 5) is 21.4. The molecule has 0 radical (unpaired) electrons. The predicted octanol–water partition coefficient (Wildman–Crippen LogP) is 3.00. The van der Waals surface area contributed by atoms with Crippen molar-refractivity contribution in [3.05, 3.63) is 66.4 Å². The van der Waals surface area contributed by atoms with E-state index in [9.17, 15) is 4.79 Å². The third-order valence-electron chi connectivity index (χ3n) is 5.28. The SMILES string of the molecule is COc1ccc(NC(=O)CN2CCN(Cc3ccc4ncccc4c3)CC2)cc1. The van der Waals surface area contributed by atoms with E-state index < -0.39 is 0 Å². The van der Waals surface area contributed by atoms with Crippen molar-refractivity contribution in [1.29, 1.82) is 0 Å². The Labute approximate surface area is 171 Å². The normalized spacial score (nSPS) is 15.3. The number of amides is 1. The molecular formula is C23H26N4O2. The van der Waals surface area contributed by atoms with E-state index in [2.05, 4.69) is 44.4 Å². The molecular weight excluding hydrogens is 364 g/mol. The highest BCUT2D eigenvalue weighted by molar-refractivity contribution is 5.92. The van der Waals surface area contributed by atoms with Crippen molar-refractivity contribution in [3.8, 4) is 5.75 Å². The number of ether oxygens (including phenoxy) is 1. The van der Waals surface area contributed by atoms with Crippen LogP contribution in [0, 0.1) is 0 Å². The quantitative estimate of drug-likeness (QED) is 0.701. The number of nitrogens with one attached hydrogen (secondary N) is 1. The molecule has 1 amide bonds. The van der Waals surface area contributed by atoms with Crippen LogP contribution in [-0.4, -0.2) is 60.5 Å². The van der Waals surface area contributed by atoms with Crippen molar-refractivity contribution in [2.24, 2.45) is 0 Å². The van der Waals surface area contributed by atoms with Crippen LogP contribution in [0.1, 0.15) is 5.56 Å². The van der Waals surface area contributed by atoms with Crippen molar-refractivity contribution < 1.29 is 9.53 Å². The summed E-state index contributed by atoms with van der Waals surface area (Å²) < 4.78 is 5.14. The molecule has 6 nitrogen and oxygen atoms in total. The highest BCUT2D eigenvalue weighted by Crippen LogP contribution is 2.17. The van der Waals surface area contributed by atoms with Gasteiger partial charge in [0.1, 0.15) is 5.75 Å². The van der Waals surface area contributed by atoms with Gasteiger partial charge in [-0.2, -0.15) is 0 Å². The van der Waals surface area contributed by atoms with Gasteiger partial charge in [-0.1, -0.05) is 12.1 Å². The van der Waals surface area contributed by atoms with Crippen LogP contribution >= 0.6 is 0 Å². The van der Waals surface area contributed by atoms with Crippen LogP contribution < -0.4 is 10.1 Å². The number of methoxy groups -OCH3 is 1. The molecule has 0 saturated carbocycles. The summed E-state index contributed by atoms with van der Waals surface area (Å²) in [5.74, 6) is 0.799. The first-order chi connectivity index (χ1) is 14.2. The monoisotopic (exact) mass is 390 g/mol. The van der Waals surface area contributed by atoms with Crippen LogP contribution in [0.2, 0.25) is 0 Å². The maximum absolute atomic E-state index is 12.3. The second-order valence-electron chi connectivity index (χ2n) is 7.36. The lowest BCUT2D eigenvalue weighted by molar-refractivity contribution is -0.117. The predicted molar refractivity (Wildman–Crippen MR) is 115 cm³/mol. The van der Waals surface area contributed by atoms with Crippen LogP contribution in [-0.2, 0) is 11.3 Å². The number of aromatic nitrogens is 1. The van der Waals surface area contributed by atoms with Crippen LogP contribution in [0.15, 0.2) is 60.8 Å². The number of carbonyl (C=O) groups excluding carboxylic acids is 1. The fourth-order valence-electron chi connectivity index (χ4n) is 3.67. The molecule has 0 bridgehead atoms. The van der Waals surface area contributed by atoms with E-state index >= 15 is 0 Å². The third-order valence-corrected chi connectivity index (χ3v) is 5.28. The largest absolute Gasteiger partial charge is 0.497 e. The van der Waals surface area contributed by atoms with Gasteiger partial charge in [0.2, 0.25) is 5.91 Å². The van der Waals surface area contributed by atoms with E-state index in [0.29, 0.717) is 6.54 Å². The molecule has 4 rings (SSSR count). The Hall–Kier alpha value is -2.96. The van der Waals surface area contributed by atoms with E-state index in [4.69, 9.17) is 4.74 Å². The molecule has 2 heterocycles. The molecule has 0 unspecified atom stereocenters. The zero-order valence-electron chi connectivity index (χ0n) is 16.7. The summed E-state index contributed by atoms with van der Waals surface area (Å²) in [5, 5.41) is 4.13. The lowest BCUT2D eigenvalue weighted by Crippen LogP contribution is -2.48. The van der Waals surface area contributed by atoms with E-state index in [-0.39, 0.29) is 5.91 Å².